The van der Waals surface area contributed by atoms with Gasteiger partial charge in [-0.3, -0.25) is 14.5 Å². The number of hydrogen-bond acceptors (Lipinski definition) is 5. The summed E-state index contributed by atoms with van der Waals surface area (Å²) in [5.74, 6) is -0.641. The van der Waals surface area contributed by atoms with Crippen molar-refractivity contribution in [2.45, 2.75) is 26.1 Å². The fourth-order valence-electron chi connectivity index (χ4n) is 2.38. The fraction of sp³-hybridized carbons (Fsp3) is 0.529. The molecule has 0 aromatic heterocycles. The first-order valence-electron chi connectivity index (χ1n) is 8.29. The molecule has 26 heavy (non-hydrogen) atoms. The molecule has 144 valence electrons. The van der Waals surface area contributed by atoms with Crippen LogP contribution < -0.4 is 10.1 Å². The van der Waals surface area contributed by atoms with Gasteiger partial charge in [0.1, 0.15) is 5.75 Å². The first-order chi connectivity index (χ1) is 12.2. The molecule has 6 nitrogen and oxygen atoms in total. The number of rotatable bonds is 9. The Morgan fingerprint density at radius 2 is 1.85 bits per heavy atom. The van der Waals surface area contributed by atoms with Crippen molar-refractivity contribution in [2.24, 2.45) is 5.92 Å². The summed E-state index contributed by atoms with van der Waals surface area (Å²) in [5, 5.41) is 2.59. The van der Waals surface area contributed by atoms with Crippen LogP contribution in [0.25, 0.3) is 0 Å². The normalized spacial score (nSPS) is 14.2. The van der Waals surface area contributed by atoms with Gasteiger partial charge in [0, 0.05) is 12.2 Å². The van der Waals surface area contributed by atoms with Crippen LogP contribution in [0.3, 0.4) is 0 Å². The summed E-state index contributed by atoms with van der Waals surface area (Å²) >= 11 is 0. The molecular formula is C17H21F3N2O4. The van der Waals surface area contributed by atoms with Crippen LogP contribution in [0.1, 0.15) is 19.8 Å². The second kappa shape index (κ2) is 8.88. The number of hydrogen-bond donors (Lipinski definition) is 1. The number of alkyl halides is 3. The lowest BCUT2D eigenvalue weighted by Gasteiger charge is -2.20. The zero-order chi connectivity index (χ0) is 19.2. The number of amides is 1. The zero-order valence-electron chi connectivity index (χ0n) is 14.3. The summed E-state index contributed by atoms with van der Waals surface area (Å²) in [5.41, 5.74) is 0.340. The van der Waals surface area contributed by atoms with Crippen molar-refractivity contribution in [3.05, 3.63) is 24.3 Å². The number of halogens is 3. The number of carbonyl (C=O) groups excluding carboxylic acids is 2. The van der Waals surface area contributed by atoms with Gasteiger partial charge in [0.2, 0.25) is 5.91 Å². The highest BCUT2D eigenvalue weighted by atomic mass is 19.4. The Kier molecular flexibility index (Phi) is 6.84. The molecule has 0 atom stereocenters. The first kappa shape index (κ1) is 20.0. The topological polar surface area (TPSA) is 67.9 Å². The van der Waals surface area contributed by atoms with E-state index in [0.29, 0.717) is 18.2 Å². The van der Waals surface area contributed by atoms with E-state index in [9.17, 15) is 22.8 Å². The predicted molar refractivity (Wildman–Crippen MR) is 87.6 cm³/mol. The SMILES string of the molecule is CCOC(=O)CN(CC(=O)Nc1ccc(OC(F)(F)F)cc1)CC1CC1. The highest BCUT2D eigenvalue weighted by Gasteiger charge is 2.31. The third-order valence-corrected chi connectivity index (χ3v) is 3.61. The van der Waals surface area contributed by atoms with Crippen molar-refractivity contribution in [3.8, 4) is 5.75 Å². The lowest BCUT2D eigenvalue weighted by Crippen LogP contribution is -2.38. The minimum absolute atomic E-state index is 0.00385. The number of nitrogens with zero attached hydrogens (tertiary/aromatic N) is 1. The van der Waals surface area contributed by atoms with Crippen molar-refractivity contribution < 1.29 is 32.2 Å². The van der Waals surface area contributed by atoms with E-state index in [1.807, 2.05) is 0 Å². The Bertz CT molecular complexity index is 615. The molecule has 9 heteroatoms. The fourth-order valence-corrected chi connectivity index (χ4v) is 2.38. The number of ether oxygens (including phenoxy) is 2. The van der Waals surface area contributed by atoms with Crippen LogP contribution in [0, 0.1) is 5.92 Å². The lowest BCUT2D eigenvalue weighted by molar-refractivity contribution is -0.274. The molecule has 0 spiro atoms. The molecule has 0 saturated heterocycles. The average Bonchev–Trinajstić information content (AvgIpc) is 3.31. The number of nitrogens with one attached hydrogen (secondary N) is 1. The monoisotopic (exact) mass is 374 g/mol. The van der Waals surface area contributed by atoms with Crippen LogP contribution in [-0.2, 0) is 14.3 Å². The molecule has 1 amide bonds. The maximum Gasteiger partial charge on any atom is 0.573 e. The van der Waals surface area contributed by atoms with Crippen LogP contribution >= 0.6 is 0 Å². The Morgan fingerprint density at radius 1 is 1.19 bits per heavy atom. The molecular weight excluding hydrogens is 353 g/mol. The van der Waals surface area contributed by atoms with Gasteiger partial charge in [-0.25, -0.2) is 0 Å². The van der Waals surface area contributed by atoms with Gasteiger partial charge >= 0.3 is 12.3 Å². The molecule has 1 aliphatic carbocycles. The molecule has 0 radical (unpaired) electrons. The number of carbonyl (C=O) groups is 2. The predicted octanol–water partition coefficient (Wildman–Crippen LogP) is 2.80. The first-order valence-corrected chi connectivity index (χ1v) is 8.29. The van der Waals surface area contributed by atoms with Gasteiger partial charge in [0.25, 0.3) is 0 Å². The molecule has 1 aromatic carbocycles. The van der Waals surface area contributed by atoms with E-state index in [1.165, 1.54) is 12.1 Å². The summed E-state index contributed by atoms with van der Waals surface area (Å²) in [6, 6.07) is 4.86. The Labute approximate surface area is 149 Å². The summed E-state index contributed by atoms with van der Waals surface area (Å²) in [7, 11) is 0. The van der Waals surface area contributed by atoms with Crippen LogP contribution in [0.2, 0.25) is 0 Å². The minimum atomic E-state index is -4.76. The summed E-state index contributed by atoms with van der Waals surface area (Å²) in [6.07, 6.45) is -2.62. The largest absolute Gasteiger partial charge is 0.573 e. The molecule has 2 rings (SSSR count). The Balaban J connectivity index is 1.87. The quantitative estimate of drug-likeness (QED) is 0.674. The van der Waals surface area contributed by atoms with Crippen molar-refractivity contribution >= 4 is 17.6 Å². The van der Waals surface area contributed by atoms with Crippen LogP contribution in [-0.4, -0.2) is 49.4 Å². The molecule has 1 aromatic rings. The van der Waals surface area contributed by atoms with E-state index in [1.54, 1.807) is 11.8 Å². The Morgan fingerprint density at radius 3 is 2.38 bits per heavy atom. The van der Waals surface area contributed by atoms with Crippen molar-refractivity contribution in [1.82, 2.24) is 4.90 Å². The third-order valence-electron chi connectivity index (χ3n) is 3.61. The van der Waals surface area contributed by atoms with E-state index in [4.69, 9.17) is 4.74 Å². The van der Waals surface area contributed by atoms with E-state index < -0.39 is 12.3 Å². The van der Waals surface area contributed by atoms with Crippen LogP contribution in [0.5, 0.6) is 5.75 Å². The van der Waals surface area contributed by atoms with Crippen molar-refractivity contribution in [2.75, 3.05) is 31.6 Å². The van der Waals surface area contributed by atoms with Gasteiger partial charge in [-0.05, 0) is 49.9 Å². The molecule has 1 aliphatic rings. The van der Waals surface area contributed by atoms with E-state index in [0.717, 1.165) is 25.0 Å². The molecule has 1 saturated carbocycles. The second-order valence-electron chi connectivity index (χ2n) is 6.04. The number of benzene rings is 1. The zero-order valence-corrected chi connectivity index (χ0v) is 14.3. The molecule has 0 bridgehead atoms. The van der Waals surface area contributed by atoms with Gasteiger partial charge in [-0.15, -0.1) is 13.2 Å². The van der Waals surface area contributed by atoms with E-state index in [2.05, 4.69) is 10.1 Å². The number of esters is 1. The van der Waals surface area contributed by atoms with Gasteiger partial charge in [0.15, 0.2) is 0 Å². The maximum atomic E-state index is 12.2. The average molecular weight is 374 g/mol. The highest BCUT2D eigenvalue weighted by Crippen LogP contribution is 2.29. The second-order valence-corrected chi connectivity index (χ2v) is 6.04. The third kappa shape index (κ3) is 7.73. The molecule has 1 N–H and O–H groups in total. The van der Waals surface area contributed by atoms with E-state index in [-0.39, 0.29) is 31.4 Å². The van der Waals surface area contributed by atoms with E-state index >= 15 is 0 Å². The van der Waals surface area contributed by atoms with Gasteiger partial charge in [-0.2, -0.15) is 0 Å². The van der Waals surface area contributed by atoms with Gasteiger partial charge in [0.05, 0.1) is 19.7 Å². The van der Waals surface area contributed by atoms with Gasteiger partial charge in [-0.1, -0.05) is 0 Å². The van der Waals surface area contributed by atoms with Crippen LogP contribution in [0.4, 0.5) is 18.9 Å². The minimum Gasteiger partial charge on any atom is -0.465 e. The molecule has 1 fully saturated rings. The molecule has 0 unspecified atom stereocenters. The Hall–Kier alpha value is -2.29. The standard InChI is InChI=1S/C17H21F3N2O4/c1-2-25-16(24)11-22(9-12-3-4-12)10-15(23)21-13-5-7-14(8-6-13)26-17(18,19)20/h5-8,12H,2-4,9-11H2,1H3,(H,21,23). The maximum absolute atomic E-state index is 12.2. The number of anilines is 1. The smallest absolute Gasteiger partial charge is 0.465 e. The van der Waals surface area contributed by atoms with Crippen molar-refractivity contribution in [1.29, 1.82) is 0 Å². The summed E-state index contributed by atoms with van der Waals surface area (Å²) < 4.78 is 45.1. The van der Waals surface area contributed by atoms with Gasteiger partial charge < -0.3 is 14.8 Å². The van der Waals surface area contributed by atoms with Crippen LogP contribution in [0.15, 0.2) is 24.3 Å². The lowest BCUT2D eigenvalue weighted by atomic mass is 10.3. The summed E-state index contributed by atoms with van der Waals surface area (Å²) in [6.45, 7) is 2.63. The van der Waals surface area contributed by atoms with Crippen molar-refractivity contribution in [3.63, 3.8) is 0 Å². The highest BCUT2D eigenvalue weighted by molar-refractivity contribution is 5.92. The summed E-state index contributed by atoms with van der Waals surface area (Å²) in [4.78, 5) is 25.5. The molecule has 0 heterocycles. The molecule has 0 aliphatic heterocycles.